The molecule has 0 fully saturated rings. The largest absolute Gasteiger partial charge is 0.355 e. The Kier molecular flexibility index (Phi) is 6.97. The zero-order valence-electron chi connectivity index (χ0n) is 13.8. The number of carbonyl (C=O) groups excluding carboxylic acids is 3. The fourth-order valence-electron chi connectivity index (χ4n) is 1.94. The summed E-state index contributed by atoms with van der Waals surface area (Å²) in [6.45, 7) is 2.43. The number of hydrogen-bond acceptors (Lipinski definition) is 4. The third kappa shape index (κ3) is 6.27. The number of urea groups is 1. The van der Waals surface area contributed by atoms with Crippen molar-refractivity contribution in [2.24, 2.45) is 0 Å². The van der Waals surface area contributed by atoms with Gasteiger partial charge in [-0.05, 0) is 36.1 Å². The van der Waals surface area contributed by atoms with Gasteiger partial charge in [0.05, 0.1) is 11.4 Å². The van der Waals surface area contributed by atoms with Crippen LogP contribution in [0.4, 0.5) is 16.2 Å². The van der Waals surface area contributed by atoms with Gasteiger partial charge in [-0.25, -0.2) is 4.79 Å². The normalized spacial score (nSPS) is 9.96. The summed E-state index contributed by atoms with van der Waals surface area (Å²) in [4.78, 5) is 35.9. The van der Waals surface area contributed by atoms with Gasteiger partial charge in [-0.1, -0.05) is 19.1 Å². The zero-order chi connectivity index (χ0) is 18.1. The molecule has 1 heterocycles. The molecular weight excluding hydrogens is 340 g/mol. The molecule has 0 aliphatic heterocycles. The van der Waals surface area contributed by atoms with Crippen LogP contribution < -0.4 is 21.3 Å². The van der Waals surface area contributed by atoms with Crippen LogP contribution in [0.5, 0.6) is 0 Å². The average molecular weight is 360 g/mol. The fourth-order valence-corrected chi connectivity index (χ4v) is 2.56. The molecule has 1 aromatic heterocycles. The lowest BCUT2D eigenvalue weighted by molar-refractivity contribution is -0.120. The Morgan fingerprint density at radius 3 is 2.44 bits per heavy atom. The average Bonchev–Trinajstić information content (AvgIpc) is 3.13. The molecule has 0 spiro atoms. The monoisotopic (exact) mass is 360 g/mol. The maximum absolute atomic E-state index is 12.0. The van der Waals surface area contributed by atoms with Crippen molar-refractivity contribution in [3.8, 4) is 0 Å². The molecule has 2 aromatic rings. The first-order valence-corrected chi connectivity index (χ1v) is 8.73. The molecule has 0 saturated carbocycles. The molecule has 25 heavy (non-hydrogen) atoms. The van der Waals surface area contributed by atoms with Gasteiger partial charge in [-0.2, -0.15) is 0 Å². The van der Waals surface area contributed by atoms with Gasteiger partial charge in [0.2, 0.25) is 5.91 Å². The number of amides is 4. The highest BCUT2D eigenvalue weighted by molar-refractivity contribution is 7.12. The molecule has 4 N–H and O–H groups in total. The number of carbonyl (C=O) groups is 3. The molecule has 132 valence electrons. The minimum atomic E-state index is -0.492. The molecule has 0 aliphatic carbocycles. The topological polar surface area (TPSA) is 99.3 Å². The van der Waals surface area contributed by atoms with E-state index in [1.807, 2.05) is 12.3 Å². The van der Waals surface area contributed by atoms with E-state index in [0.29, 0.717) is 22.8 Å². The van der Waals surface area contributed by atoms with Crippen molar-refractivity contribution in [1.29, 1.82) is 0 Å². The summed E-state index contributed by atoms with van der Waals surface area (Å²) in [6, 6.07) is 9.83. The van der Waals surface area contributed by atoms with E-state index in [1.165, 1.54) is 11.3 Å². The van der Waals surface area contributed by atoms with Crippen LogP contribution in [0.15, 0.2) is 41.8 Å². The molecule has 2 rings (SSSR count). The van der Waals surface area contributed by atoms with E-state index in [4.69, 9.17) is 0 Å². The van der Waals surface area contributed by atoms with Crippen molar-refractivity contribution >= 4 is 40.6 Å². The van der Waals surface area contributed by atoms with Crippen LogP contribution in [0.3, 0.4) is 0 Å². The Morgan fingerprint density at radius 1 is 1.00 bits per heavy atom. The summed E-state index contributed by atoms with van der Waals surface area (Å²) in [6.07, 6.45) is 0.835. The molecule has 4 amide bonds. The van der Waals surface area contributed by atoms with Crippen LogP contribution in [0, 0.1) is 0 Å². The zero-order valence-corrected chi connectivity index (χ0v) is 14.6. The molecule has 0 saturated heterocycles. The number of rotatable bonds is 7. The van der Waals surface area contributed by atoms with Gasteiger partial charge in [-0.15, -0.1) is 11.3 Å². The van der Waals surface area contributed by atoms with Crippen LogP contribution in [-0.4, -0.2) is 30.9 Å². The Bertz CT molecular complexity index is 731. The number of benzene rings is 1. The second-order valence-corrected chi connectivity index (χ2v) is 6.12. The fraction of sp³-hybridized carbons (Fsp3) is 0.235. The van der Waals surface area contributed by atoms with Crippen molar-refractivity contribution in [3.05, 3.63) is 46.7 Å². The van der Waals surface area contributed by atoms with E-state index >= 15 is 0 Å². The van der Waals surface area contributed by atoms with E-state index in [2.05, 4.69) is 21.3 Å². The Labute approximate surface area is 149 Å². The van der Waals surface area contributed by atoms with E-state index in [9.17, 15) is 14.4 Å². The van der Waals surface area contributed by atoms with Gasteiger partial charge in [0.25, 0.3) is 5.91 Å². The van der Waals surface area contributed by atoms with Gasteiger partial charge in [-0.3, -0.25) is 9.59 Å². The smallest absolute Gasteiger partial charge is 0.319 e. The molecular formula is C17H20N4O3S. The second kappa shape index (κ2) is 9.43. The maximum Gasteiger partial charge on any atom is 0.319 e. The summed E-state index contributed by atoms with van der Waals surface area (Å²) in [5.41, 5.74) is 1.08. The molecule has 0 atom stereocenters. The predicted octanol–water partition coefficient (Wildman–Crippen LogP) is 2.65. The molecule has 0 radical (unpaired) electrons. The van der Waals surface area contributed by atoms with Gasteiger partial charge in [0.1, 0.15) is 0 Å². The van der Waals surface area contributed by atoms with Gasteiger partial charge in [0, 0.05) is 17.9 Å². The molecule has 0 bridgehead atoms. The van der Waals surface area contributed by atoms with Crippen LogP contribution in [0.1, 0.15) is 23.0 Å². The first-order valence-electron chi connectivity index (χ1n) is 7.85. The van der Waals surface area contributed by atoms with Gasteiger partial charge in [0.15, 0.2) is 0 Å². The van der Waals surface area contributed by atoms with Crippen LogP contribution in [-0.2, 0) is 4.79 Å². The van der Waals surface area contributed by atoms with E-state index < -0.39 is 6.03 Å². The quantitative estimate of drug-likeness (QED) is 0.611. The summed E-state index contributed by atoms with van der Waals surface area (Å²) in [5.74, 6) is -0.446. The van der Waals surface area contributed by atoms with Crippen molar-refractivity contribution in [2.45, 2.75) is 13.3 Å². The Hall–Kier alpha value is -2.87. The summed E-state index contributed by atoms with van der Waals surface area (Å²) < 4.78 is 0. The van der Waals surface area contributed by atoms with Crippen molar-refractivity contribution in [1.82, 2.24) is 10.6 Å². The first-order chi connectivity index (χ1) is 12.1. The van der Waals surface area contributed by atoms with E-state index in [-0.39, 0.29) is 18.4 Å². The van der Waals surface area contributed by atoms with Crippen LogP contribution >= 0.6 is 11.3 Å². The Morgan fingerprint density at radius 2 is 1.76 bits per heavy atom. The molecule has 0 unspecified atom stereocenters. The minimum absolute atomic E-state index is 0.0966. The first kappa shape index (κ1) is 18.5. The molecule has 8 heteroatoms. The molecule has 0 aliphatic rings. The molecule has 1 aromatic carbocycles. The summed E-state index contributed by atoms with van der Waals surface area (Å²) >= 11 is 1.35. The lowest BCUT2D eigenvalue weighted by Crippen LogP contribution is -2.39. The lowest BCUT2D eigenvalue weighted by Gasteiger charge is -2.10. The highest BCUT2D eigenvalue weighted by atomic mass is 32.1. The van der Waals surface area contributed by atoms with E-state index in [1.54, 1.807) is 36.4 Å². The summed E-state index contributed by atoms with van der Waals surface area (Å²) in [7, 11) is 0. The van der Waals surface area contributed by atoms with Crippen molar-refractivity contribution < 1.29 is 14.4 Å². The third-order valence-electron chi connectivity index (χ3n) is 3.10. The van der Waals surface area contributed by atoms with Crippen molar-refractivity contribution in [2.75, 3.05) is 23.7 Å². The second-order valence-electron chi connectivity index (χ2n) is 5.17. The van der Waals surface area contributed by atoms with Gasteiger partial charge < -0.3 is 21.3 Å². The highest BCUT2D eigenvalue weighted by Crippen LogP contribution is 2.17. The third-order valence-corrected chi connectivity index (χ3v) is 3.97. The van der Waals surface area contributed by atoms with Crippen LogP contribution in [0.2, 0.25) is 0 Å². The highest BCUT2D eigenvalue weighted by Gasteiger charge is 2.08. The standard InChI is InChI=1S/C17H20N4O3S/c1-2-8-18-15(22)11-19-17(24)21-13-6-3-5-12(10-13)20-16(23)14-7-4-9-25-14/h3-7,9-10H,2,8,11H2,1H3,(H,18,22)(H,20,23)(H2,19,21,24). The number of thiophene rings is 1. The lowest BCUT2D eigenvalue weighted by atomic mass is 10.2. The number of anilines is 2. The van der Waals surface area contributed by atoms with E-state index in [0.717, 1.165) is 6.42 Å². The molecule has 7 nitrogen and oxygen atoms in total. The number of nitrogens with one attached hydrogen (secondary N) is 4. The predicted molar refractivity (Wildman–Crippen MR) is 99.0 cm³/mol. The van der Waals surface area contributed by atoms with Crippen LogP contribution in [0.25, 0.3) is 0 Å². The Balaban J connectivity index is 1.85. The maximum atomic E-state index is 12.0. The van der Waals surface area contributed by atoms with Gasteiger partial charge >= 0.3 is 6.03 Å². The van der Waals surface area contributed by atoms with Crippen molar-refractivity contribution in [3.63, 3.8) is 0 Å². The SMILES string of the molecule is CCCNC(=O)CNC(=O)Nc1cccc(NC(=O)c2cccs2)c1. The number of hydrogen-bond donors (Lipinski definition) is 4. The minimum Gasteiger partial charge on any atom is -0.355 e. The summed E-state index contributed by atoms with van der Waals surface area (Å²) in [5, 5.41) is 12.4.